The molecule has 1 N–H and O–H groups in total. The number of alkyl halides is 3. The van der Waals surface area contributed by atoms with E-state index in [0.29, 0.717) is 36.6 Å². The maximum Gasteiger partial charge on any atom is 0.410 e. The Hall–Kier alpha value is -2.58. The van der Waals surface area contributed by atoms with Gasteiger partial charge < -0.3 is 10.2 Å². The largest absolute Gasteiger partial charge is 0.410 e. The van der Waals surface area contributed by atoms with Crippen LogP contribution in [0.1, 0.15) is 66.2 Å². The van der Waals surface area contributed by atoms with Crippen LogP contribution in [0.5, 0.6) is 0 Å². The van der Waals surface area contributed by atoms with E-state index in [9.17, 15) is 18.0 Å². The Morgan fingerprint density at radius 1 is 1.37 bits per heavy atom. The van der Waals surface area contributed by atoms with Crippen LogP contribution in [-0.4, -0.2) is 50.9 Å². The van der Waals surface area contributed by atoms with Gasteiger partial charge in [-0.05, 0) is 44.2 Å². The average Bonchev–Trinajstić information content (AvgIpc) is 3.16. The summed E-state index contributed by atoms with van der Waals surface area (Å²) in [5.74, 6) is 0.262. The zero-order valence-electron chi connectivity index (χ0n) is 17.1. The van der Waals surface area contributed by atoms with Gasteiger partial charge in [-0.3, -0.25) is 9.78 Å². The third-order valence-electron chi connectivity index (χ3n) is 6.16. The number of piperidine rings is 1. The summed E-state index contributed by atoms with van der Waals surface area (Å²) < 4.78 is 42.0. The van der Waals surface area contributed by atoms with Crippen LogP contribution in [0.25, 0.3) is 0 Å². The molecule has 4 rings (SSSR count). The lowest BCUT2D eigenvalue weighted by Crippen LogP contribution is -2.40. The molecular formula is C21H26F3N5O. The van der Waals surface area contributed by atoms with Crippen molar-refractivity contribution in [2.75, 3.05) is 18.4 Å². The molecule has 2 aromatic heterocycles. The van der Waals surface area contributed by atoms with Gasteiger partial charge in [-0.1, -0.05) is 6.92 Å². The van der Waals surface area contributed by atoms with E-state index in [1.165, 1.54) is 0 Å². The summed E-state index contributed by atoms with van der Waals surface area (Å²) in [5, 5.41) is 7.55. The van der Waals surface area contributed by atoms with Gasteiger partial charge in [0.25, 0.3) is 5.91 Å². The Morgan fingerprint density at radius 3 is 2.87 bits per heavy atom. The maximum atomic E-state index is 13.6. The Labute approximate surface area is 173 Å². The van der Waals surface area contributed by atoms with E-state index in [1.807, 2.05) is 13.8 Å². The number of halogens is 3. The summed E-state index contributed by atoms with van der Waals surface area (Å²) in [6.45, 7) is 4.80. The van der Waals surface area contributed by atoms with Crippen molar-refractivity contribution >= 4 is 11.7 Å². The van der Waals surface area contributed by atoms with Crippen molar-refractivity contribution in [1.29, 1.82) is 0 Å². The number of nitrogens with one attached hydrogen (secondary N) is 1. The van der Waals surface area contributed by atoms with Gasteiger partial charge in [0.1, 0.15) is 5.82 Å². The quantitative estimate of drug-likeness (QED) is 0.803. The monoisotopic (exact) mass is 421 g/mol. The molecule has 2 aliphatic rings. The molecule has 30 heavy (non-hydrogen) atoms. The maximum absolute atomic E-state index is 13.6. The summed E-state index contributed by atoms with van der Waals surface area (Å²) in [4.78, 5) is 18.8. The summed E-state index contributed by atoms with van der Waals surface area (Å²) in [6, 6.07) is 1.59. The van der Waals surface area contributed by atoms with E-state index in [4.69, 9.17) is 0 Å². The lowest BCUT2D eigenvalue weighted by atomic mass is 9.94. The molecule has 0 radical (unpaired) electrons. The zero-order valence-corrected chi connectivity index (χ0v) is 17.1. The smallest absolute Gasteiger partial charge is 0.367 e. The summed E-state index contributed by atoms with van der Waals surface area (Å²) >= 11 is 0. The molecular weight excluding hydrogens is 395 g/mol. The Bertz CT molecular complexity index is 926. The SMILES string of the molecule is CC[C@@H]1C[C@H](C(F)(F)F)n2nc(C3CCCN(C(=O)c4ccncc4C)C3)cc2N1. The standard InChI is InChI=1S/C21H26F3N5O/c1-3-15-9-18(21(22,23)24)29-19(26-15)10-17(27-29)14-5-4-8-28(12-14)20(30)16-6-7-25-11-13(16)2/h6-7,10-11,14-15,18,26H,3-5,8-9,12H2,1-2H3/t14?,15-,18-/m1/s1. The van der Waals surface area contributed by atoms with Crippen LogP contribution >= 0.6 is 0 Å². The van der Waals surface area contributed by atoms with Gasteiger partial charge in [0.05, 0.1) is 5.69 Å². The minimum atomic E-state index is -4.35. The number of fused-ring (bicyclic) bond motifs is 1. The molecule has 0 aromatic carbocycles. The van der Waals surface area contributed by atoms with Crippen molar-refractivity contribution in [3.63, 3.8) is 0 Å². The van der Waals surface area contributed by atoms with Crippen molar-refractivity contribution < 1.29 is 18.0 Å². The number of carbonyl (C=O) groups excluding carboxylic acids is 1. The minimum Gasteiger partial charge on any atom is -0.367 e. The summed E-state index contributed by atoms with van der Waals surface area (Å²) in [6.07, 6.45) is 1.08. The fourth-order valence-corrected chi connectivity index (χ4v) is 4.42. The molecule has 6 nitrogen and oxygen atoms in total. The van der Waals surface area contributed by atoms with Crippen LogP contribution in [0.4, 0.5) is 19.0 Å². The first kappa shape index (κ1) is 20.7. The van der Waals surface area contributed by atoms with Crippen LogP contribution < -0.4 is 5.32 Å². The molecule has 2 aromatic rings. The number of nitrogens with zero attached hydrogens (tertiary/aromatic N) is 4. The highest BCUT2D eigenvalue weighted by Gasteiger charge is 2.46. The van der Waals surface area contributed by atoms with Gasteiger partial charge in [-0.25, -0.2) is 4.68 Å². The van der Waals surface area contributed by atoms with Crippen LogP contribution in [-0.2, 0) is 0 Å². The minimum absolute atomic E-state index is 0.0231. The van der Waals surface area contributed by atoms with Gasteiger partial charge in [0.2, 0.25) is 0 Å². The van der Waals surface area contributed by atoms with Crippen molar-refractivity contribution in [3.8, 4) is 0 Å². The Kier molecular flexibility index (Phi) is 5.46. The number of aromatic nitrogens is 3. The highest BCUT2D eigenvalue weighted by Crippen LogP contribution is 2.41. The molecule has 1 unspecified atom stereocenters. The van der Waals surface area contributed by atoms with Crippen molar-refractivity contribution in [1.82, 2.24) is 19.7 Å². The number of anilines is 1. The van der Waals surface area contributed by atoms with Crippen molar-refractivity contribution in [2.24, 2.45) is 0 Å². The fraction of sp³-hybridized carbons (Fsp3) is 0.571. The Balaban J connectivity index is 1.57. The molecule has 9 heteroatoms. The number of likely N-dealkylation sites (tertiary alicyclic amines) is 1. The number of rotatable bonds is 3. The van der Waals surface area contributed by atoms with E-state index in [0.717, 1.165) is 23.1 Å². The first-order valence-electron chi connectivity index (χ1n) is 10.4. The van der Waals surface area contributed by atoms with Crippen LogP contribution in [0.3, 0.4) is 0 Å². The normalized spacial score (nSPS) is 24.3. The number of hydrogen-bond acceptors (Lipinski definition) is 4. The molecule has 0 aliphatic carbocycles. The second-order valence-corrected chi connectivity index (χ2v) is 8.22. The van der Waals surface area contributed by atoms with Crippen molar-refractivity contribution in [2.45, 2.75) is 63.7 Å². The van der Waals surface area contributed by atoms with E-state index >= 15 is 0 Å². The molecule has 1 fully saturated rings. The molecule has 0 saturated carbocycles. The molecule has 0 bridgehead atoms. The van der Waals surface area contributed by atoms with E-state index in [-0.39, 0.29) is 24.3 Å². The third kappa shape index (κ3) is 3.89. The second kappa shape index (κ2) is 7.92. The molecule has 4 heterocycles. The Morgan fingerprint density at radius 2 is 2.17 bits per heavy atom. The van der Waals surface area contributed by atoms with Gasteiger partial charge in [0, 0.05) is 49.1 Å². The van der Waals surface area contributed by atoms with E-state index < -0.39 is 12.2 Å². The van der Waals surface area contributed by atoms with Crippen molar-refractivity contribution in [3.05, 3.63) is 41.3 Å². The second-order valence-electron chi connectivity index (χ2n) is 8.22. The zero-order chi connectivity index (χ0) is 21.5. The molecule has 1 saturated heterocycles. The lowest BCUT2D eigenvalue weighted by molar-refractivity contribution is -0.173. The molecule has 162 valence electrons. The highest BCUT2D eigenvalue weighted by atomic mass is 19.4. The van der Waals surface area contributed by atoms with Gasteiger partial charge >= 0.3 is 6.18 Å². The summed E-state index contributed by atoms with van der Waals surface area (Å²) in [7, 11) is 0. The predicted molar refractivity (Wildman–Crippen MR) is 106 cm³/mol. The first-order valence-corrected chi connectivity index (χ1v) is 10.4. The number of aryl methyl sites for hydroxylation is 1. The van der Waals surface area contributed by atoms with E-state index in [1.54, 1.807) is 29.4 Å². The predicted octanol–water partition coefficient (Wildman–Crippen LogP) is 4.30. The number of hydrogen-bond donors (Lipinski definition) is 1. The van der Waals surface area contributed by atoms with Crippen LogP contribution in [0, 0.1) is 6.92 Å². The topological polar surface area (TPSA) is 63.1 Å². The highest BCUT2D eigenvalue weighted by molar-refractivity contribution is 5.95. The lowest BCUT2D eigenvalue weighted by Gasteiger charge is -2.33. The third-order valence-corrected chi connectivity index (χ3v) is 6.16. The number of amides is 1. The molecule has 2 aliphatic heterocycles. The summed E-state index contributed by atoms with van der Waals surface area (Å²) in [5.41, 5.74) is 2.04. The van der Waals surface area contributed by atoms with Gasteiger partial charge in [-0.2, -0.15) is 18.3 Å². The van der Waals surface area contributed by atoms with E-state index in [2.05, 4.69) is 15.4 Å². The molecule has 1 amide bonds. The number of pyridine rings is 1. The van der Waals surface area contributed by atoms with Crippen LogP contribution in [0.2, 0.25) is 0 Å². The van der Waals surface area contributed by atoms with Gasteiger partial charge in [0.15, 0.2) is 6.04 Å². The number of carbonyl (C=O) groups is 1. The average molecular weight is 421 g/mol. The van der Waals surface area contributed by atoms with Crippen LogP contribution in [0.15, 0.2) is 24.5 Å². The molecule has 0 spiro atoms. The van der Waals surface area contributed by atoms with Gasteiger partial charge in [-0.15, -0.1) is 0 Å². The fourth-order valence-electron chi connectivity index (χ4n) is 4.42. The molecule has 3 atom stereocenters. The first-order chi connectivity index (χ1) is 14.3.